The molecule has 0 fully saturated rings. The van der Waals surface area contributed by atoms with Crippen LogP contribution in [0.5, 0.6) is 0 Å². The molecule has 4 nitrogen and oxygen atoms in total. The van der Waals surface area contributed by atoms with Gasteiger partial charge in [-0.15, -0.1) is 0 Å². The zero-order valence-electron chi connectivity index (χ0n) is 19.3. The van der Waals surface area contributed by atoms with Crippen molar-refractivity contribution in [3.63, 3.8) is 0 Å². The van der Waals surface area contributed by atoms with Gasteiger partial charge in [0.15, 0.2) is 0 Å². The topological polar surface area (TPSA) is 49.4 Å². The van der Waals surface area contributed by atoms with E-state index in [-0.39, 0.29) is 17.9 Å². The molecule has 162 valence electrons. The number of rotatable bonds is 9. The van der Waals surface area contributed by atoms with Gasteiger partial charge in [0.1, 0.15) is 6.04 Å². The molecule has 30 heavy (non-hydrogen) atoms. The summed E-state index contributed by atoms with van der Waals surface area (Å²) in [6.07, 6.45) is 1.73. The fourth-order valence-corrected chi connectivity index (χ4v) is 3.56. The zero-order chi connectivity index (χ0) is 22.3. The van der Waals surface area contributed by atoms with Crippen LogP contribution in [0.2, 0.25) is 0 Å². The maximum absolute atomic E-state index is 13.4. The van der Waals surface area contributed by atoms with E-state index in [1.807, 2.05) is 52.0 Å². The third-order valence-electron chi connectivity index (χ3n) is 5.75. The summed E-state index contributed by atoms with van der Waals surface area (Å²) in [5, 5.41) is 3.06. The fourth-order valence-electron chi connectivity index (χ4n) is 3.56. The summed E-state index contributed by atoms with van der Waals surface area (Å²) in [4.78, 5) is 28.1. The summed E-state index contributed by atoms with van der Waals surface area (Å²) in [7, 11) is 0. The Labute approximate surface area is 181 Å². The molecule has 0 radical (unpaired) electrons. The van der Waals surface area contributed by atoms with Gasteiger partial charge in [-0.2, -0.15) is 0 Å². The van der Waals surface area contributed by atoms with E-state index in [1.54, 1.807) is 4.90 Å². The largest absolute Gasteiger partial charge is 0.352 e. The van der Waals surface area contributed by atoms with Gasteiger partial charge in [0, 0.05) is 12.6 Å². The van der Waals surface area contributed by atoms with Crippen molar-refractivity contribution >= 4 is 11.8 Å². The second-order valence-electron chi connectivity index (χ2n) is 8.35. The van der Waals surface area contributed by atoms with Crippen molar-refractivity contribution in [1.29, 1.82) is 0 Å². The van der Waals surface area contributed by atoms with Crippen molar-refractivity contribution in [3.8, 4) is 0 Å². The highest BCUT2D eigenvalue weighted by atomic mass is 16.2. The van der Waals surface area contributed by atoms with Crippen LogP contribution in [0.3, 0.4) is 0 Å². The maximum Gasteiger partial charge on any atom is 0.243 e. The molecule has 0 spiro atoms. The molecule has 0 unspecified atom stereocenters. The summed E-state index contributed by atoms with van der Waals surface area (Å²) in [6.45, 7) is 12.6. The van der Waals surface area contributed by atoms with Gasteiger partial charge in [-0.1, -0.05) is 61.9 Å². The standard InChI is InChI=1S/C26H36N2O2/c1-7-21(6)27-26(30)24(8-2)28(17-23-11-9-10-18(3)14-23)25(29)16-22-13-12-19(4)20(5)15-22/h9-15,21,24H,7-8,16-17H2,1-6H3,(H,27,30)/t21-,24+/m1/s1. The molecule has 0 saturated carbocycles. The number of nitrogens with zero attached hydrogens (tertiary/aromatic N) is 1. The second-order valence-corrected chi connectivity index (χ2v) is 8.35. The van der Waals surface area contributed by atoms with Crippen molar-refractivity contribution in [2.45, 2.75) is 79.4 Å². The van der Waals surface area contributed by atoms with Gasteiger partial charge in [-0.05, 0) is 62.8 Å². The fraction of sp³-hybridized carbons (Fsp3) is 0.462. The highest BCUT2D eigenvalue weighted by molar-refractivity contribution is 5.88. The van der Waals surface area contributed by atoms with Crippen LogP contribution in [0.25, 0.3) is 0 Å². The molecule has 2 atom stereocenters. The predicted molar refractivity (Wildman–Crippen MR) is 123 cm³/mol. The van der Waals surface area contributed by atoms with Crippen LogP contribution < -0.4 is 5.32 Å². The van der Waals surface area contributed by atoms with Crippen molar-refractivity contribution < 1.29 is 9.59 Å². The minimum absolute atomic E-state index is 0.0223. The molecule has 0 saturated heterocycles. The molecule has 2 aromatic rings. The van der Waals surface area contributed by atoms with Gasteiger partial charge in [0.2, 0.25) is 11.8 Å². The van der Waals surface area contributed by atoms with Crippen LogP contribution in [0, 0.1) is 20.8 Å². The Balaban J connectivity index is 2.31. The smallest absolute Gasteiger partial charge is 0.243 e. The Morgan fingerprint density at radius 3 is 2.27 bits per heavy atom. The Kier molecular flexibility index (Phi) is 8.64. The molecule has 0 heterocycles. The highest BCUT2D eigenvalue weighted by Crippen LogP contribution is 2.17. The summed E-state index contributed by atoms with van der Waals surface area (Å²) in [6, 6.07) is 13.9. The zero-order valence-corrected chi connectivity index (χ0v) is 19.3. The van der Waals surface area contributed by atoms with Crippen LogP contribution in [-0.2, 0) is 22.6 Å². The molecule has 0 aromatic heterocycles. The molecule has 2 rings (SSSR count). The molecular weight excluding hydrogens is 372 g/mol. The van der Waals surface area contributed by atoms with E-state index in [0.717, 1.165) is 23.1 Å². The molecule has 0 bridgehead atoms. The first-order valence-electron chi connectivity index (χ1n) is 11.0. The van der Waals surface area contributed by atoms with Crippen LogP contribution >= 0.6 is 0 Å². The summed E-state index contributed by atoms with van der Waals surface area (Å²) < 4.78 is 0. The van der Waals surface area contributed by atoms with E-state index >= 15 is 0 Å². The minimum atomic E-state index is -0.487. The second kappa shape index (κ2) is 11.0. The third-order valence-corrected chi connectivity index (χ3v) is 5.75. The first-order chi connectivity index (χ1) is 14.2. The van der Waals surface area contributed by atoms with E-state index in [9.17, 15) is 9.59 Å². The predicted octanol–water partition coefficient (Wildman–Crippen LogP) is 4.88. The van der Waals surface area contributed by atoms with Crippen LogP contribution in [0.1, 0.15) is 61.4 Å². The van der Waals surface area contributed by atoms with E-state index < -0.39 is 6.04 Å². The van der Waals surface area contributed by atoms with Gasteiger partial charge < -0.3 is 10.2 Å². The number of carbonyl (C=O) groups excluding carboxylic acids is 2. The lowest BCUT2D eigenvalue weighted by Gasteiger charge is -2.31. The Morgan fingerprint density at radius 1 is 0.933 bits per heavy atom. The average molecular weight is 409 g/mol. The highest BCUT2D eigenvalue weighted by Gasteiger charge is 2.29. The van der Waals surface area contributed by atoms with E-state index in [0.29, 0.717) is 19.4 Å². The minimum Gasteiger partial charge on any atom is -0.352 e. The summed E-state index contributed by atoms with van der Waals surface area (Å²) in [5.74, 6) is -0.0983. The molecule has 4 heteroatoms. The maximum atomic E-state index is 13.4. The normalized spacial score (nSPS) is 12.9. The lowest BCUT2D eigenvalue weighted by atomic mass is 10.0. The molecule has 0 aliphatic rings. The first-order valence-corrected chi connectivity index (χ1v) is 11.0. The molecular formula is C26H36N2O2. The number of benzene rings is 2. The number of aryl methyl sites for hydroxylation is 3. The van der Waals surface area contributed by atoms with Crippen molar-refractivity contribution in [2.75, 3.05) is 0 Å². The van der Waals surface area contributed by atoms with E-state index in [1.165, 1.54) is 11.1 Å². The van der Waals surface area contributed by atoms with Crippen LogP contribution in [0.4, 0.5) is 0 Å². The Hall–Kier alpha value is -2.62. The van der Waals surface area contributed by atoms with Gasteiger partial charge in [-0.25, -0.2) is 0 Å². The van der Waals surface area contributed by atoms with Gasteiger partial charge in [-0.3, -0.25) is 9.59 Å². The van der Waals surface area contributed by atoms with Gasteiger partial charge in [0.25, 0.3) is 0 Å². The number of carbonyl (C=O) groups is 2. The van der Waals surface area contributed by atoms with Gasteiger partial charge >= 0.3 is 0 Å². The molecule has 1 N–H and O–H groups in total. The summed E-state index contributed by atoms with van der Waals surface area (Å²) in [5.41, 5.74) is 5.55. The SMILES string of the molecule is CC[C@@H](C)NC(=O)[C@H](CC)N(Cc1cccc(C)c1)C(=O)Cc1ccc(C)c(C)c1. The number of amides is 2. The molecule has 0 aliphatic heterocycles. The molecule has 0 aliphatic carbocycles. The lowest BCUT2D eigenvalue weighted by molar-refractivity contribution is -0.141. The number of nitrogens with one attached hydrogen (secondary N) is 1. The van der Waals surface area contributed by atoms with E-state index in [4.69, 9.17) is 0 Å². The Bertz CT molecular complexity index is 875. The summed E-state index contributed by atoms with van der Waals surface area (Å²) >= 11 is 0. The third kappa shape index (κ3) is 6.45. The first kappa shape index (κ1) is 23.7. The van der Waals surface area contributed by atoms with Crippen molar-refractivity contribution in [1.82, 2.24) is 10.2 Å². The van der Waals surface area contributed by atoms with Gasteiger partial charge in [0.05, 0.1) is 6.42 Å². The number of hydrogen-bond donors (Lipinski definition) is 1. The monoisotopic (exact) mass is 408 g/mol. The van der Waals surface area contributed by atoms with Crippen molar-refractivity contribution in [2.24, 2.45) is 0 Å². The van der Waals surface area contributed by atoms with Crippen LogP contribution in [0.15, 0.2) is 42.5 Å². The quantitative estimate of drug-likeness (QED) is 0.643. The molecule has 2 aromatic carbocycles. The lowest BCUT2D eigenvalue weighted by Crippen LogP contribution is -2.51. The Morgan fingerprint density at radius 2 is 1.67 bits per heavy atom. The van der Waals surface area contributed by atoms with Crippen molar-refractivity contribution in [3.05, 3.63) is 70.3 Å². The average Bonchev–Trinajstić information content (AvgIpc) is 2.70. The van der Waals surface area contributed by atoms with E-state index in [2.05, 4.69) is 37.4 Å². The number of hydrogen-bond acceptors (Lipinski definition) is 2. The van der Waals surface area contributed by atoms with Crippen LogP contribution in [-0.4, -0.2) is 28.8 Å². The molecule has 2 amide bonds.